The normalized spacial score (nSPS) is 10.5. The minimum Gasteiger partial charge on any atom is -0.493 e. The van der Waals surface area contributed by atoms with Crippen LogP contribution in [0.5, 0.6) is 11.5 Å². The number of ether oxygens (including phenoxy) is 2. The molecule has 0 saturated carbocycles. The Balaban J connectivity index is 2.14. The van der Waals surface area contributed by atoms with E-state index in [2.05, 4.69) is 9.97 Å². The second-order valence-corrected chi connectivity index (χ2v) is 5.26. The molecule has 1 heterocycles. The lowest BCUT2D eigenvalue weighted by Gasteiger charge is -2.20. The van der Waals surface area contributed by atoms with Crippen molar-refractivity contribution in [3.05, 3.63) is 52.8 Å². The fourth-order valence-corrected chi connectivity index (χ4v) is 2.57. The van der Waals surface area contributed by atoms with Crippen LogP contribution < -0.4 is 14.4 Å². The van der Waals surface area contributed by atoms with E-state index in [9.17, 15) is 10.1 Å². The van der Waals surface area contributed by atoms with Crippen molar-refractivity contribution in [2.75, 3.05) is 26.2 Å². The third-order valence-electron chi connectivity index (χ3n) is 3.87. The molecule has 2 aromatic carbocycles. The summed E-state index contributed by atoms with van der Waals surface area (Å²) in [5, 5.41) is 11.8. The molecule has 0 aliphatic heterocycles. The number of hydrogen-bond acceptors (Lipinski definition) is 7. The Bertz CT molecular complexity index is 945. The molecule has 0 radical (unpaired) electrons. The van der Waals surface area contributed by atoms with Crippen LogP contribution in [0.15, 0.2) is 42.7 Å². The first-order valence-electron chi connectivity index (χ1n) is 7.40. The average molecular weight is 340 g/mol. The molecule has 0 fully saturated rings. The number of nitrogens with zero attached hydrogens (tertiary/aromatic N) is 4. The zero-order valence-electron chi connectivity index (χ0n) is 14.0. The van der Waals surface area contributed by atoms with Gasteiger partial charge in [-0.1, -0.05) is 6.07 Å². The largest absolute Gasteiger partial charge is 0.493 e. The number of anilines is 2. The van der Waals surface area contributed by atoms with E-state index in [1.54, 1.807) is 50.4 Å². The van der Waals surface area contributed by atoms with E-state index in [1.165, 1.54) is 18.5 Å². The number of fused-ring (bicyclic) bond motifs is 1. The highest BCUT2D eigenvalue weighted by Gasteiger charge is 2.16. The Morgan fingerprint density at radius 2 is 1.80 bits per heavy atom. The van der Waals surface area contributed by atoms with Crippen molar-refractivity contribution in [2.24, 2.45) is 0 Å². The van der Waals surface area contributed by atoms with Gasteiger partial charge in [0.2, 0.25) is 0 Å². The van der Waals surface area contributed by atoms with Crippen LogP contribution in [0.3, 0.4) is 0 Å². The van der Waals surface area contributed by atoms with Crippen LogP contribution in [-0.4, -0.2) is 36.2 Å². The third kappa shape index (κ3) is 3.01. The maximum atomic E-state index is 11.0. The van der Waals surface area contributed by atoms with E-state index < -0.39 is 4.92 Å². The van der Waals surface area contributed by atoms with Crippen LogP contribution in [-0.2, 0) is 0 Å². The van der Waals surface area contributed by atoms with E-state index in [4.69, 9.17) is 9.47 Å². The number of hydrogen-bond donors (Lipinski definition) is 0. The Hall–Kier alpha value is -3.42. The van der Waals surface area contributed by atoms with Crippen LogP contribution in [0.1, 0.15) is 0 Å². The van der Waals surface area contributed by atoms with Gasteiger partial charge >= 0.3 is 0 Å². The highest BCUT2D eigenvalue weighted by Crippen LogP contribution is 2.36. The van der Waals surface area contributed by atoms with Gasteiger partial charge in [-0.2, -0.15) is 0 Å². The van der Waals surface area contributed by atoms with E-state index >= 15 is 0 Å². The summed E-state index contributed by atoms with van der Waals surface area (Å²) in [7, 11) is 4.90. The molecule has 0 spiro atoms. The van der Waals surface area contributed by atoms with Gasteiger partial charge in [0.15, 0.2) is 11.5 Å². The van der Waals surface area contributed by atoms with E-state index in [-0.39, 0.29) is 5.69 Å². The molecular formula is C17H16N4O4. The summed E-state index contributed by atoms with van der Waals surface area (Å²) in [5.74, 6) is 1.72. The monoisotopic (exact) mass is 340 g/mol. The first-order valence-corrected chi connectivity index (χ1v) is 7.40. The van der Waals surface area contributed by atoms with Crippen molar-refractivity contribution in [1.82, 2.24) is 9.97 Å². The molecule has 8 heteroatoms. The van der Waals surface area contributed by atoms with Crippen molar-refractivity contribution in [3.63, 3.8) is 0 Å². The highest BCUT2D eigenvalue weighted by molar-refractivity contribution is 5.93. The minimum absolute atomic E-state index is 0.0157. The molecule has 25 heavy (non-hydrogen) atoms. The smallest absolute Gasteiger partial charge is 0.271 e. The zero-order chi connectivity index (χ0) is 18.0. The lowest BCUT2D eigenvalue weighted by atomic mass is 10.2. The molecule has 0 bridgehead atoms. The molecule has 0 saturated heterocycles. The summed E-state index contributed by atoms with van der Waals surface area (Å²) >= 11 is 0. The Labute approximate surface area is 143 Å². The summed E-state index contributed by atoms with van der Waals surface area (Å²) in [4.78, 5) is 21.0. The molecule has 1 aromatic heterocycles. The predicted molar refractivity (Wildman–Crippen MR) is 93.8 cm³/mol. The molecule has 0 unspecified atom stereocenters. The Kier molecular flexibility index (Phi) is 4.34. The number of non-ortho nitro benzene ring substituents is 1. The first kappa shape index (κ1) is 16.4. The Morgan fingerprint density at radius 1 is 1.08 bits per heavy atom. The van der Waals surface area contributed by atoms with Crippen molar-refractivity contribution in [3.8, 4) is 11.5 Å². The Morgan fingerprint density at radius 3 is 2.48 bits per heavy atom. The van der Waals surface area contributed by atoms with Crippen LogP contribution in [0.4, 0.5) is 17.2 Å². The number of nitro groups is 1. The van der Waals surface area contributed by atoms with Crippen molar-refractivity contribution < 1.29 is 14.4 Å². The summed E-state index contributed by atoms with van der Waals surface area (Å²) in [6.45, 7) is 0. The van der Waals surface area contributed by atoms with E-state index in [1.807, 2.05) is 0 Å². The number of methoxy groups -OCH3 is 2. The topological polar surface area (TPSA) is 90.6 Å². The molecule has 8 nitrogen and oxygen atoms in total. The van der Waals surface area contributed by atoms with Crippen molar-refractivity contribution in [1.29, 1.82) is 0 Å². The summed E-state index contributed by atoms with van der Waals surface area (Å²) < 4.78 is 10.6. The van der Waals surface area contributed by atoms with Gasteiger partial charge in [-0.15, -0.1) is 0 Å². The summed E-state index contributed by atoms with van der Waals surface area (Å²) in [5.41, 5.74) is 1.34. The number of rotatable bonds is 5. The van der Waals surface area contributed by atoms with Gasteiger partial charge < -0.3 is 14.4 Å². The maximum Gasteiger partial charge on any atom is 0.271 e. The average Bonchev–Trinajstić information content (AvgIpc) is 2.65. The molecule has 0 N–H and O–H groups in total. The molecule has 3 aromatic rings. The van der Waals surface area contributed by atoms with Gasteiger partial charge in [-0.05, 0) is 12.1 Å². The molecule has 0 atom stereocenters. The second-order valence-electron chi connectivity index (χ2n) is 5.26. The third-order valence-corrected chi connectivity index (χ3v) is 3.87. The molecular weight excluding hydrogens is 324 g/mol. The number of nitro benzene ring substituents is 1. The fourth-order valence-electron chi connectivity index (χ4n) is 2.57. The van der Waals surface area contributed by atoms with Gasteiger partial charge in [-0.3, -0.25) is 10.1 Å². The van der Waals surface area contributed by atoms with E-state index in [0.29, 0.717) is 28.5 Å². The zero-order valence-corrected chi connectivity index (χ0v) is 14.0. The fraction of sp³-hybridized carbons (Fsp3) is 0.176. The van der Waals surface area contributed by atoms with Gasteiger partial charge in [0.1, 0.15) is 12.1 Å². The molecule has 0 amide bonds. The van der Waals surface area contributed by atoms with Crippen LogP contribution in [0.25, 0.3) is 10.9 Å². The standard InChI is InChI=1S/C17H16N4O4/c1-20(11-5-4-6-12(7-11)21(22)23)17-13-8-15(24-2)16(25-3)9-14(13)18-10-19-17/h4-10H,1-3H3. The molecule has 0 aliphatic carbocycles. The molecule has 3 rings (SSSR count). The van der Waals surface area contributed by atoms with Gasteiger partial charge in [0, 0.05) is 36.3 Å². The first-order chi connectivity index (χ1) is 12.0. The lowest BCUT2D eigenvalue weighted by molar-refractivity contribution is -0.384. The summed E-state index contributed by atoms with van der Waals surface area (Å²) in [6.07, 6.45) is 1.44. The van der Waals surface area contributed by atoms with Gasteiger partial charge in [0.25, 0.3) is 5.69 Å². The van der Waals surface area contributed by atoms with Gasteiger partial charge in [-0.25, -0.2) is 9.97 Å². The maximum absolute atomic E-state index is 11.0. The highest BCUT2D eigenvalue weighted by atomic mass is 16.6. The van der Waals surface area contributed by atoms with Crippen LogP contribution >= 0.6 is 0 Å². The quantitative estimate of drug-likeness (QED) is 0.520. The van der Waals surface area contributed by atoms with Crippen LogP contribution in [0.2, 0.25) is 0 Å². The van der Waals surface area contributed by atoms with E-state index in [0.717, 1.165) is 5.39 Å². The number of benzene rings is 2. The molecule has 0 aliphatic rings. The number of aromatic nitrogens is 2. The summed E-state index contributed by atoms with van der Waals surface area (Å²) in [6, 6.07) is 9.91. The SMILES string of the molecule is COc1cc2ncnc(N(C)c3cccc([N+](=O)[O-])c3)c2cc1OC. The van der Waals surface area contributed by atoms with Gasteiger partial charge in [0.05, 0.1) is 24.7 Å². The second kappa shape index (κ2) is 6.60. The lowest BCUT2D eigenvalue weighted by Crippen LogP contribution is -2.12. The van der Waals surface area contributed by atoms with Crippen LogP contribution in [0, 0.1) is 10.1 Å². The molecule has 128 valence electrons. The van der Waals surface area contributed by atoms with Crippen molar-refractivity contribution in [2.45, 2.75) is 0 Å². The van der Waals surface area contributed by atoms with Crippen molar-refractivity contribution >= 4 is 28.1 Å². The minimum atomic E-state index is -0.427. The predicted octanol–water partition coefficient (Wildman–Crippen LogP) is 3.32.